The number of rotatable bonds is 7. The molecule has 0 aliphatic heterocycles. The van der Waals surface area contributed by atoms with Crippen LogP contribution in [0.1, 0.15) is 18.9 Å². The lowest BCUT2D eigenvalue weighted by molar-refractivity contribution is -0.194. The van der Waals surface area contributed by atoms with E-state index in [2.05, 4.69) is 9.97 Å². The molecule has 0 amide bonds. The van der Waals surface area contributed by atoms with Gasteiger partial charge < -0.3 is 14.4 Å². The van der Waals surface area contributed by atoms with Crippen LogP contribution in [0.3, 0.4) is 0 Å². The topological polar surface area (TPSA) is 77.2 Å². The number of ether oxygens (including phenoxy) is 1. The van der Waals surface area contributed by atoms with Crippen LogP contribution in [-0.4, -0.2) is 39.0 Å². The number of halogens is 3. The largest absolute Gasteiger partial charge is 0.496 e. The molecule has 1 aromatic carbocycles. The van der Waals surface area contributed by atoms with E-state index in [1.54, 1.807) is 22.1 Å². The molecule has 10 heteroatoms. The fourth-order valence-electron chi connectivity index (χ4n) is 4.09. The first kappa shape index (κ1) is 23.9. The second-order valence-electron chi connectivity index (χ2n) is 8.20. The molecule has 4 aromatic rings. The molecule has 0 radical (unpaired) electrons. The molecule has 4 rings (SSSR count). The maximum atomic E-state index is 14.6. The maximum absolute atomic E-state index is 14.6. The van der Waals surface area contributed by atoms with Crippen molar-refractivity contribution >= 4 is 21.6 Å². The van der Waals surface area contributed by atoms with Crippen LogP contribution in [0, 0.1) is 0 Å². The normalized spacial score (nSPS) is 14.6. The number of aromatic nitrogens is 3. The lowest BCUT2D eigenvalue weighted by Crippen LogP contribution is -2.43. The van der Waals surface area contributed by atoms with Gasteiger partial charge in [0.25, 0.3) is 0 Å². The number of hydrogen-bond donors (Lipinski definition) is 1. The van der Waals surface area contributed by atoms with Gasteiger partial charge in [-0.3, -0.25) is 4.79 Å². The SMILES string of the molecule is COc1ccc(-c2cncnc2)cc1C(C)(CC(O)Cn1ccc(=O)c2sccc21)C(F)(F)F. The van der Waals surface area contributed by atoms with Gasteiger partial charge in [0.2, 0.25) is 0 Å². The summed E-state index contributed by atoms with van der Waals surface area (Å²) in [7, 11) is 1.31. The molecule has 0 fully saturated rings. The average Bonchev–Trinajstić information content (AvgIpc) is 3.31. The number of methoxy groups -OCH3 is 1. The van der Waals surface area contributed by atoms with Crippen LogP contribution >= 0.6 is 11.3 Å². The number of pyridine rings is 1. The van der Waals surface area contributed by atoms with Crippen molar-refractivity contribution in [3.05, 3.63) is 76.4 Å². The summed E-state index contributed by atoms with van der Waals surface area (Å²) in [6.07, 6.45) is -0.797. The van der Waals surface area contributed by atoms with E-state index in [1.807, 2.05) is 0 Å². The van der Waals surface area contributed by atoms with Crippen molar-refractivity contribution in [3.8, 4) is 16.9 Å². The summed E-state index contributed by atoms with van der Waals surface area (Å²) in [4.78, 5) is 19.9. The second-order valence-corrected chi connectivity index (χ2v) is 9.11. The van der Waals surface area contributed by atoms with Crippen molar-refractivity contribution < 1.29 is 23.0 Å². The molecule has 0 saturated heterocycles. The molecule has 1 N–H and O–H groups in total. The molecule has 3 heterocycles. The highest BCUT2D eigenvalue weighted by Crippen LogP contribution is 2.48. The molecule has 0 aliphatic rings. The van der Waals surface area contributed by atoms with E-state index in [-0.39, 0.29) is 23.3 Å². The van der Waals surface area contributed by atoms with Crippen molar-refractivity contribution in [1.29, 1.82) is 0 Å². The summed E-state index contributed by atoms with van der Waals surface area (Å²) in [5.74, 6) is 0.0659. The Bertz CT molecular complexity index is 1350. The van der Waals surface area contributed by atoms with E-state index >= 15 is 0 Å². The van der Waals surface area contributed by atoms with E-state index in [1.165, 1.54) is 61.6 Å². The molecule has 3 aromatic heterocycles. The molecule has 178 valence electrons. The summed E-state index contributed by atoms with van der Waals surface area (Å²) in [5.41, 5.74) is -1.04. The standard InChI is InChI=1S/C24H22F3N3O3S/c1-23(24(25,26)27,10-17(31)13-30-7-5-20(32)22-19(30)6-8-34-22)18-9-15(3-4-21(18)33-2)16-11-28-14-29-12-16/h3-9,11-12,14,17,31H,10,13H2,1-2H3. The molecule has 34 heavy (non-hydrogen) atoms. The zero-order valence-corrected chi connectivity index (χ0v) is 19.2. The van der Waals surface area contributed by atoms with E-state index in [0.717, 1.165) is 6.92 Å². The summed E-state index contributed by atoms with van der Waals surface area (Å²) < 4.78 is 51.1. The minimum absolute atomic E-state index is 0.0659. The zero-order valence-electron chi connectivity index (χ0n) is 18.4. The molecular weight excluding hydrogens is 467 g/mol. The third-order valence-corrected chi connectivity index (χ3v) is 6.87. The van der Waals surface area contributed by atoms with Gasteiger partial charge in [0.1, 0.15) is 12.1 Å². The first-order valence-corrected chi connectivity index (χ1v) is 11.3. The Balaban J connectivity index is 1.73. The molecule has 0 spiro atoms. The third kappa shape index (κ3) is 4.43. The molecule has 2 unspecified atom stereocenters. The number of aliphatic hydroxyl groups is 1. The molecule has 0 bridgehead atoms. The first-order chi connectivity index (χ1) is 16.1. The average molecular weight is 490 g/mol. The van der Waals surface area contributed by atoms with Crippen molar-refractivity contribution in [1.82, 2.24) is 14.5 Å². The van der Waals surface area contributed by atoms with E-state index in [0.29, 0.717) is 21.3 Å². The van der Waals surface area contributed by atoms with E-state index in [4.69, 9.17) is 4.74 Å². The highest BCUT2D eigenvalue weighted by atomic mass is 32.1. The van der Waals surface area contributed by atoms with Crippen LogP contribution in [0.2, 0.25) is 0 Å². The summed E-state index contributed by atoms with van der Waals surface area (Å²) >= 11 is 1.25. The summed E-state index contributed by atoms with van der Waals surface area (Å²) in [6.45, 7) is 0.957. The van der Waals surface area contributed by atoms with Gasteiger partial charge in [0, 0.05) is 42.3 Å². The zero-order chi connectivity index (χ0) is 24.5. The number of alkyl halides is 3. The molecule has 2 atom stereocenters. The van der Waals surface area contributed by atoms with Crippen molar-refractivity contribution in [2.24, 2.45) is 0 Å². The van der Waals surface area contributed by atoms with Crippen LogP contribution in [0.15, 0.2) is 65.4 Å². The number of hydrogen-bond acceptors (Lipinski definition) is 6. The minimum Gasteiger partial charge on any atom is -0.496 e. The smallest absolute Gasteiger partial charge is 0.398 e. The highest BCUT2D eigenvalue weighted by molar-refractivity contribution is 7.17. The second kappa shape index (κ2) is 9.19. The summed E-state index contributed by atoms with van der Waals surface area (Å²) in [5, 5.41) is 12.6. The van der Waals surface area contributed by atoms with Crippen LogP contribution in [-0.2, 0) is 12.0 Å². The van der Waals surface area contributed by atoms with Gasteiger partial charge in [0.15, 0.2) is 5.43 Å². The van der Waals surface area contributed by atoms with Gasteiger partial charge in [0.05, 0.1) is 28.8 Å². The predicted molar refractivity (Wildman–Crippen MR) is 124 cm³/mol. The van der Waals surface area contributed by atoms with Crippen molar-refractivity contribution in [2.45, 2.75) is 37.6 Å². The van der Waals surface area contributed by atoms with Crippen LogP contribution < -0.4 is 10.2 Å². The highest BCUT2D eigenvalue weighted by Gasteiger charge is 2.54. The molecule has 0 aliphatic carbocycles. The van der Waals surface area contributed by atoms with Gasteiger partial charge in [-0.1, -0.05) is 6.07 Å². The minimum atomic E-state index is -4.69. The van der Waals surface area contributed by atoms with Crippen LogP contribution in [0.25, 0.3) is 21.3 Å². The quantitative estimate of drug-likeness (QED) is 0.404. The number of aliphatic hydroxyl groups excluding tert-OH is 1. The maximum Gasteiger partial charge on any atom is 0.398 e. The fourth-order valence-corrected chi connectivity index (χ4v) is 4.92. The fraction of sp³-hybridized carbons (Fsp3) is 0.292. The van der Waals surface area contributed by atoms with Gasteiger partial charge in [-0.05, 0) is 42.5 Å². The number of thiophene rings is 1. The van der Waals surface area contributed by atoms with Crippen molar-refractivity contribution in [3.63, 3.8) is 0 Å². The van der Waals surface area contributed by atoms with E-state index < -0.39 is 24.1 Å². The molecule has 6 nitrogen and oxygen atoms in total. The number of nitrogens with zero attached hydrogens (tertiary/aromatic N) is 3. The monoisotopic (exact) mass is 489 g/mol. The van der Waals surface area contributed by atoms with Gasteiger partial charge >= 0.3 is 6.18 Å². The Kier molecular flexibility index (Phi) is 6.46. The van der Waals surface area contributed by atoms with Gasteiger partial charge in [-0.15, -0.1) is 11.3 Å². The van der Waals surface area contributed by atoms with E-state index in [9.17, 15) is 23.1 Å². The Hall–Kier alpha value is -3.24. The lowest BCUT2D eigenvalue weighted by atomic mass is 9.75. The number of fused-ring (bicyclic) bond motifs is 1. The van der Waals surface area contributed by atoms with Gasteiger partial charge in [-0.25, -0.2) is 9.97 Å². The Morgan fingerprint density at radius 3 is 2.56 bits per heavy atom. The first-order valence-electron chi connectivity index (χ1n) is 10.4. The van der Waals surface area contributed by atoms with Crippen molar-refractivity contribution in [2.75, 3.05) is 7.11 Å². The predicted octanol–water partition coefficient (Wildman–Crippen LogP) is 4.80. The Labute approximate surface area is 197 Å². The van der Waals surface area contributed by atoms with Gasteiger partial charge in [-0.2, -0.15) is 13.2 Å². The van der Waals surface area contributed by atoms with Crippen LogP contribution in [0.5, 0.6) is 5.75 Å². The van der Waals surface area contributed by atoms with Crippen LogP contribution in [0.4, 0.5) is 13.2 Å². The Morgan fingerprint density at radius 1 is 1.15 bits per heavy atom. The molecule has 0 saturated carbocycles. The Morgan fingerprint density at radius 2 is 1.88 bits per heavy atom. The summed E-state index contributed by atoms with van der Waals surface area (Å²) in [6, 6.07) is 7.59. The lowest BCUT2D eigenvalue weighted by Gasteiger charge is -2.35. The third-order valence-electron chi connectivity index (χ3n) is 5.95. The number of benzene rings is 1. The molecular formula is C24H22F3N3O3S.